The van der Waals surface area contributed by atoms with Crippen LogP contribution >= 0.6 is 23.4 Å². The molecule has 1 saturated heterocycles. The number of carbonyl (C=O) groups is 3. The molecule has 2 aromatic rings. The Morgan fingerprint density at radius 1 is 1.18 bits per heavy atom. The van der Waals surface area contributed by atoms with Gasteiger partial charge in [0.05, 0.1) is 23.6 Å². The normalized spacial score (nSPS) is 15.1. The molecule has 0 aliphatic carbocycles. The standard InChI is InChI=1S/C21H18ClNO8S2/c1-3-30-16-10-13(11-17-20(25)23(21(26)32-17)12-18(24)29-2)9-15(22)19(16)31-33(27,28)14-7-5-4-6-8-14/h4-11H,3,12H2,1-2H3/b17-11-. The third-order valence-corrected chi connectivity index (χ3v) is 6.67. The highest BCUT2D eigenvalue weighted by Crippen LogP contribution is 2.40. The van der Waals surface area contributed by atoms with Crippen molar-refractivity contribution >= 4 is 56.7 Å². The van der Waals surface area contributed by atoms with Crippen LogP contribution in [0, 0.1) is 0 Å². The molecule has 0 radical (unpaired) electrons. The lowest BCUT2D eigenvalue weighted by Gasteiger charge is -2.14. The quantitative estimate of drug-likeness (QED) is 0.297. The Labute approximate surface area is 199 Å². The van der Waals surface area contributed by atoms with E-state index in [9.17, 15) is 22.8 Å². The lowest BCUT2D eigenvalue weighted by molar-refractivity contribution is -0.143. The topological polar surface area (TPSA) is 116 Å². The van der Waals surface area contributed by atoms with Gasteiger partial charge >= 0.3 is 16.1 Å². The first-order chi connectivity index (χ1) is 15.7. The number of methoxy groups -OCH3 is 1. The van der Waals surface area contributed by atoms with Crippen molar-refractivity contribution in [3.63, 3.8) is 0 Å². The number of nitrogens with zero attached hydrogens (tertiary/aromatic N) is 1. The molecule has 174 valence electrons. The van der Waals surface area contributed by atoms with E-state index in [0.717, 1.165) is 12.0 Å². The van der Waals surface area contributed by atoms with Gasteiger partial charge in [0.1, 0.15) is 11.4 Å². The molecule has 1 heterocycles. The van der Waals surface area contributed by atoms with E-state index in [1.54, 1.807) is 25.1 Å². The number of rotatable bonds is 8. The first kappa shape index (κ1) is 24.6. The van der Waals surface area contributed by atoms with Crippen molar-refractivity contribution < 1.29 is 36.5 Å². The third kappa shape index (κ3) is 5.67. The minimum absolute atomic E-state index is 0.0320. The SMILES string of the molecule is CCOc1cc(/C=C2\SC(=O)N(CC(=O)OC)C2=O)cc(Cl)c1OS(=O)(=O)c1ccccc1. The van der Waals surface area contributed by atoms with Gasteiger partial charge in [-0.15, -0.1) is 0 Å². The van der Waals surface area contributed by atoms with Crippen molar-refractivity contribution in [2.24, 2.45) is 0 Å². The number of imide groups is 1. The average Bonchev–Trinajstić information content (AvgIpc) is 3.04. The highest BCUT2D eigenvalue weighted by Gasteiger charge is 2.36. The Kier molecular flexibility index (Phi) is 7.67. The van der Waals surface area contributed by atoms with E-state index < -0.39 is 33.8 Å². The van der Waals surface area contributed by atoms with E-state index in [4.69, 9.17) is 20.5 Å². The van der Waals surface area contributed by atoms with Gasteiger partial charge in [-0.2, -0.15) is 8.42 Å². The molecule has 1 aliphatic rings. The number of ether oxygens (including phenoxy) is 2. The van der Waals surface area contributed by atoms with Crippen molar-refractivity contribution in [1.29, 1.82) is 0 Å². The summed E-state index contributed by atoms with van der Waals surface area (Å²) >= 11 is 6.95. The first-order valence-corrected chi connectivity index (χ1v) is 12.0. The Morgan fingerprint density at radius 3 is 2.52 bits per heavy atom. The van der Waals surface area contributed by atoms with E-state index in [0.29, 0.717) is 17.3 Å². The Hall–Kier alpha value is -3.02. The summed E-state index contributed by atoms with van der Waals surface area (Å²) < 4.78 is 40.5. The maximum absolute atomic E-state index is 12.6. The number of esters is 1. The number of benzene rings is 2. The molecule has 0 atom stereocenters. The number of carbonyl (C=O) groups excluding carboxylic acids is 3. The molecule has 3 rings (SSSR count). The van der Waals surface area contributed by atoms with Crippen LogP contribution < -0.4 is 8.92 Å². The molecule has 0 saturated carbocycles. The Morgan fingerprint density at radius 2 is 1.88 bits per heavy atom. The maximum Gasteiger partial charge on any atom is 0.339 e. The molecular formula is C21H18ClNO8S2. The zero-order valence-electron chi connectivity index (χ0n) is 17.4. The molecule has 1 fully saturated rings. The van der Waals surface area contributed by atoms with Crippen molar-refractivity contribution in [2.75, 3.05) is 20.3 Å². The van der Waals surface area contributed by atoms with E-state index >= 15 is 0 Å². The summed E-state index contributed by atoms with van der Waals surface area (Å²) in [4.78, 5) is 36.8. The first-order valence-electron chi connectivity index (χ1n) is 9.44. The van der Waals surface area contributed by atoms with Crippen molar-refractivity contribution in [3.8, 4) is 11.5 Å². The van der Waals surface area contributed by atoms with E-state index in [1.807, 2.05) is 0 Å². The molecule has 1 aliphatic heterocycles. The molecule has 0 aromatic heterocycles. The fourth-order valence-corrected chi connectivity index (χ4v) is 4.86. The van der Waals surface area contributed by atoms with Crippen molar-refractivity contribution in [3.05, 3.63) is 58.0 Å². The van der Waals surface area contributed by atoms with Gasteiger partial charge in [-0.1, -0.05) is 29.8 Å². The maximum atomic E-state index is 12.6. The van der Waals surface area contributed by atoms with Gasteiger partial charge in [0.15, 0.2) is 5.75 Å². The summed E-state index contributed by atoms with van der Waals surface area (Å²) in [5.74, 6) is -1.58. The van der Waals surface area contributed by atoms with Gasteiger partial charge < -0.3 is 13.7 Å². The number of thioether (sulfide) groups is 1. The number of hydrogen-bond donors (Lipinski definition) is 0. The minimum Gasteiger partial charge on any atom is -0.490 e. The molecule has 0 bridgehead atoms. The van der Waals surface area contributed by atoms with Crippen LogP contribution in [0.3, 0.4) is 0 Å². The summed E-state index contributed by atoms with van der Waals surface area (Å²) in [7, 11) is -3.03. The van der Waals surface area contributed by atoms with Gasteiger partial charge in [-0.3, -0.25) is 19.3 Å². The van der Waals surface area contributed by atoms with Crippen LogP contribution in [0.25, 0.3) is 6.08 Å². The highest BCUT2D eigenvalue weighted by molar-refractivity contribution is 8.18. The summed E-state index contributed by atoms with van der Waals surface area (Å²) in [6.07, 6.45) is 1.38. The lowest BCUT2D eigenvalue weighted by Crippen LogP contribution is -2.34. The fraction of sp³-hybridized carbons (Fsp3) is 0.190. The largest absolute Gasteiger partial charge is 0.490 e. The molecule has 9 nitrogen and oxygen atoms in total. The fourth-order valence-electron chi connectivity index (χ4n) is 2.74. The van der Waals surface area contributed by atoms with E-state index in [-0.39, 0.29) is 32.9 Å². The predicted molar refractivity (Wildman–Crippen MR) is 122 cm³/mol. The Bertz CT molecular complexity index is 1230. The van der Waals surface area contributed by atoms with Gasteiger partial charge in [0.2, 0.25) is 5.75 Å². The smallest absolute Gasteiger partial charge is 0.339 e. The van der Waals surface area contributed by atoms with E-state index in [1.165, 1.54) is 30.3 Å². The highest BCUT2D eigenvalue weighted by atomic mass is 35.5. The van der Waals surface area contributed by atoms with Gasteiger partial charge in [0, 0.05) is 0 Å². The molecule has 2 amide bonds. The minimum atomic E-state index is -4.18. The third-order valence-electron chi connectivity index (χ3n) is 4.24. The van der Waals surface area contributed by atoms with Gasteiger partial charge in [-0.25, -0.2) is 0 Å². The lowest BCUT2D eigenvalue weighted by atomic mass is 10.2. The summed E-state index contributed by atoms with van der Waals surface area (Å²) in [5.41, 5.74) is 0.358. The molecule has 0 N–H and O–H groups in total. The van der Waals surface area contributed by atoms with Crippen LogP contribution in [0.4, 0.5) is 4.79 Å². The Balaban J connectivity index is 1.94. The zero-order chi connectivity index (χ0) is 24.2. The molecule has 2 aromatic carbocycles. The predicted octanol–water partition coefficient (Wildman–Crippen LogP) is 3.72. The molecule has 12 heteroatoms. The van der Waals surface area contributed by atoms with E-state index in [2.05, 4.69) is 4.74 Å². The second-order valence-corrected chi connectivity index (χ2v) is 9.40. The number of amides is 2. The van der Waals surface area contributed by atoms with Crippen LogP contribution in [-0.4, -0.2) is 50.7 Å². The summed E-state index contributed by atoms with van der Waals surface area (Å²) in [5, 5.41) is -0.706. The van der Waals surface area contributed by atoms with Gasteiger partial charge in [0.25, 0.3) is 11.1 Å². The second kappa shape index (κ2) is 10.3. The molecular weight excluding hydrogens is 494 g/mol. The van der Waals surface area contributed by atoms with Crippen LogP contribution in [0.5, 0.6) is 11.5 Å². The molecule has 33 heavy (non-hydrogen) atoms. The summed E-state index contributed by atoms with van der Waals surface area (Å²) in [6, 6.07) is 10.3. The number of halogens is 1. The monoisotopic (exact) mass is 511 g/mol. The summed E-state index contributed by atoms with van der Waals surface area (Å²) in [6.45, 7) is 1.36. The van der Waals surface area contributed by atoms with Crippen LogP contribution in [0.1, 0.15) is 12.5 Å². The van der Waals surface area contributed by atoms with Crippen LogP contribution in [-0.2, 0) is 24.4 Å². The average molecular weight is 512 g/mol. The second-order valence-electron chi connectivity index (χ2n) is 6.46. The van der Waals surface area contributed by atoms with Crippen LogP contribution in [0.2, 0.25) is 5.02 Å². The van der Waals surface area contributed by atoms with Crippen molar-refractivity contribution in [2.45, 2.75) is 11.8 Å². The zero-order valence-corrected chi connectivity index (χ0v) is 19.8. The molecule has 0 spiro atoms. The van der Waals surface area contributed by atoms with Gasteiger partial charge in [-0.05, 0) is 54.6 Å². The van der Waals surface area contributed by atoms with Crippen molar-refractivity contribution in [1.82, 2.24) is 4.90 Å². The molecule has 0 unspecified atom stereocenters. The number of hydrogen-bond acceptors (Lipinski definition) is 9. The van der Waals surface area contributed by atoms with Crippen LogP contribution in [0.15, 0.2) is 52.3 Å².